The first-order valence-electron chi connectivity index (χ1n) is 12.0. The van der Waals surface area contributed by atoms with Crippen LogP contribution < -0.4 is 14.9 Å². The van der Waals surface area contributed by atoms with Crippen molar-refractivity contribution < 1.29 is 19.1 Å². The smallest absolute Gasteiger partial charge is 0.343 e. The number of aromatic nitrogens is 1. The van der Waals surface area contributed by atoms with Crippen LogP contribution in [0.3, 0.4) is 0 Å². The number of H-pyrrole nitrogens is 1. The van der Waals surface area contributed by atoms with Gasteiger partial charge in [0.05, 0.1) is 29.4 Å². The molecule has 1 amide bonds. The summed E-state index contributed by atoms with van der Waals surface area (Å²) < 4.78 is 12.2. The number of hydrazone groups is 1. The molecule has 5 rings (SSSR count). The highest BCUT2D eigenvalue weighted by atomic mass is 79.9. The lowest BCUT2D eigenvalue weighted by molar-refractivity contribution is 0.0734. The number of nitrogens with zero attached hydrogens (tertiary/aromatic N) is 1. The number of nitrogens with one attached hydrogen (secondary N) is 2. The molecule has 0 aliphatic rings. The van der Waals surface area contributed by atoms with Gasteiger partial charge in [0.2, 0.25) is 0 Å². The van der Waals surface area contributed by atoms with Gasteiger partial charge in [0.25, 0.3) is 5.91 Å². The van der Waals surface area contributed by atoms with E-state index >= 15 is 0 Å². The average molecular weight is 716 g/mol. The van der Waals surface area contributed by atoms with E-state index in [0.29, 0.717) is 49.0 Å². The predicted octanol–water partition coefficient (Wildman–Crippen LogP) is 8.66. The van der Waals surface area contributed by atoms with E-state index < -0.39 is 11.9 Å². The van der Waals surface area contributed by atoms with Crippen molar-refractivity contribution in [3.63, 3.8) is 0 Å². The first-order chi connectivity index (χ1) is 19.7. The summed E-state index contributed by atoms with van der Waals surface area (Å²) in [4.78, 5) is 29.3. The minimum absolute atomic E-state index is 0.227. The highest BCUT2D eigenvalue weighted by Gasteiger charge is 2.22. The minimum Gasteiger partial charge on any atom is -0.497 e. The molecule has 0 spiro atoms. The summed E-state index contributed by atoms with van der Waals surface area (Å²) in [7, 11) is 1.55. The van der Waals surface area contributed by atoms with E-state index in [9.17, 15) is 9.59 Å². The number of hydrogen-bond donors (Lipinski definition) is 2. The fraction of sp³-hybridized carbons (Fsp3) is 0.0333. The number of halogens is 4. The van der Waals surface area contributed by atoms with Gasteiger partial charge < -0.3 is 14.5 Å². The van der Waals surface area contributed by atoms with Crippen molar-refractivity contribution in [3.05, 3.63) is 115 Å². The van der Waals surface area contributed by atoms with Crippen molar-refractivity contribution in [2.45, 2.75) is 0 Å². The van der Waals surface area contributed by atoms with E-state index in [1.807, 2.05) is 24.3 Å². The van der Waals surface area contributed by atoms with Crippen molar-refractivity contribution in [3.8, 4) is 22.6 Å². The predicted molar refractivity (Wildman–Crippen MR) is 169 cm³/mol. The van der Waals surface area contributed by atoms with Crippen LogP contribution in [0, 0.1) is 0 Å². The maximum absolute atomic E-state index is 13.4. The number of carbonyl (C=O) groups excluding carboxylic acids is 2. The molecule has 0 atom stereocenters. The number of ether oxygens (including phenoxy) is 2. The number of aromatic amines is 1. The van der Waals surface area contributed by atoms with Crippen LogP contribution in [0.15, 0.2) is 92.9 Å². The van der Waals surface area contributed by atoms with Gasteiger partial charge >= 0.3 is 5.97 Å². The Morgan fingerprint density at radius 3 is 2.41 bits per heavy atom. The van der Waals surface area contributed by atoms with Crippen LogP contribution >= 0.6 is 55.1 Å². The SMILES string of the molecule is COc1ccc(C(=O)Oc2ccc(Br)cc2C=NNC(=O)c2[nH]c3c(Cl)cc(Br)cc3c2-c2ccccc2Cl)cc1. The third-order valence-electron chi connectivity index (χ3n) is 6.06. The zero-order chi connectivity index (χ0) is 29.1. The molecule has 1 heterocycles. The third-order valence-corrected chi connectivity index (χ3v) is 7.64. The van der Waals surface area contributed by atoms with Crippen LogP contribution in [0.1, 0.15) is 26.4 Å². The van der Waals surface area contributed by atoms with E-state index in [0.717, 1.165) is 8.95 Å². The van der Waals surface area contributed by atoms with Gasteiger partial charge in [0, 0.05) is 36.0 Å². The van der Waals surface area contributed by atoms with Gasteiger partial charge in [-0.1, -0.05) is 73.3 Å². The summed E-state index contributed by atoms with van der Waals surface area (Å²) in [6.07, 6.45) is 1.39. The van der Waals surface area contributed by atoms with Gasteiger partial charge in [-0.2, -0.15) is 5.10 Å². The molecule has 0 bridgehead atoms. The number of benzene rings is 4. The van der Waals surface area contributed by atoms with E-state index in [-0.39, 0.29) is 11.4 Å². The Morgan fingerprint density at radius 2 is 1.68 bits per heavy atom. The van der Waals surface area contributed by atoms with Gasteiger partial charge in [-0.3, -0.25) is 4.79 Å². The molecule has 41 heavy (non-hydrogen) atoms. The Kier molecular flexibility index (Phi) is 8.79. The average Bonchev–Trinajstić information content (AvgIpc) is 3.34. The molecule has 5 aromatic rings. The molecule has 206 valence electrons. The van der Waals surface area contributed by atoms with Gasteiger partial charge in [0.1, 0.15) is 17.2 Å². The Labute approximate surface area is 261 Å². The van der Waals surface area contributed by atoms with Gasteiger partial charge in [-0.25, -0.2) is 10.2 Å². The number of carbonyl (C=O) groups is 2. The fourth-order valence-corrected chi connectivity index (χ4v) is 5.61. The number of methoxy groups -OCH3 is 1. The Hall–Kier alpha value is -3.63. The summed E-state index contributed by atoms with van der Waals surface area (Å²) in [5.74, 6) is -0.201. The maximum atomic E-state index is 13.4. The van der Waals surface area contributed by atoms with E-state index in [2.05, 4.69) is 47.4 Å². The van der Waals surface area contributed by atoms with Crippen molar-refractivity contribution in [2.75, 3.05) is 7.11 Å². The number of amides is 1. The lowest BCUT2D eigenvalue weighted by atomic mass is 10.0. The van der Waals surface area contributed by atoms with Crippen LogP contribution in [0.25, 0.3) is 22.0 Å². The third kappa shape index (κ3) is 6.33. The molecule has 0 aliphatic heterocycles. The highest BCUT2D eigenvalue weighted by Crippen LogP contribution is 2.40. The Bertz CT molecular complexity index is 1820. The largest absolute Gasteiger partial charge is 0.497 e. The molecule has 0 radical (unpaired) electrons. The topological polar surface area (TPSA) is 92.8 Å². The highest BCUT2D eigenvalue weighted by molar-refractivity contribution is 9.10. The van der Waals surface area contributed by atoms with Crippen molar-refractivity contribution >= 4 is 84.1 Å². The van der Waals surface area contributed by atoms with Gasteiger partial charge in [-0.15, -0.1) is 0 Å². The summed E-state index contributed by atoms with van der Waals surface area (Å²) in [5.41, 5.74) is 5.40. The number of fused-ring (bicyclic) bond motifs is 1. The van der Waals surface area contributed by atoms with E-state index in [1.165, 1.54) is 6.21 Å². The number of rotatable bonds is 7. The van der Waals surface area contributed by atoms with Crippen molar-refractivity contribution in [2.24, 2.45) is 5.10 Å². The van der Waals surface area contributed by atoms with Crippen LogP contribution in [-0.4, -0.2) is 30.2 Å². The quantitative estimate of drug-likeness (QED) is 0.0764. The molecule has 0 unspecified atom stereocenters. The summed E-state index contributed by atoms with van der Waals surface area (Å²) in [6.45, 7) is 0. The first-order valence-corrected chi connectivity index (χ1v) is 14.3. The molecule has 7 nitrogen and oxygen atoms in total. The fourth-order valence-electron chi connectivity index (χ4n) is 4.15. The maximum Gasteiger partial charge on any atom is 0.343 e. The summed E-state index contributed by atoms with van der Waals surface area (Å²) >= 11 is 19.9. The Morgan fingerprint density at radius 1 is 0.927 bits per heavy atom. The van der Waals surface area contributed by atoms with E-state index in [1.54, 1.807) is 61.7 Å². The monoisotopic (exact) mass is 713 g/mol. The molecule has 0 aliphatic carbocycles. The molecule has 2 N–H and O–H groups in total. The zero-order valence-corrected chi connectivity index (χ0v) is 25.9. The van der Waals surface area contributed by atoms with Crippen molar-refractivity contribution in [1.29, 1.82) is 0 Å². The van der Waals surface area contributed by atoms with Crippen LogP contribution in [0.5, 0.6) is 11.5 Å². The molecule has 1 aromatic heterocycles. The number of esters is 1. The lowest BCUT2D eigenvalue weighted by Crippen LogP contribution is -2.19. The van der Waals surface area contributed by atoms with E-state index in [4.69, 9.17) is 32.7 Å². The second-order valence-corrected chi connectivity index (χ2v) is 11.3. The van der Waals surface area contributed by atoms with Crippen LogP contribution in [0.4, 0.5) is 0 Å². The standard InChI is InChI=1S/C30H19Br2Cl2N3O4/c1-40-20-9-6-16(7-10-20)30(39)41-25-11-8-18(31)12-17(25)15-35-37-29(38)28-26(21-4-2-3-5-23(21)33)22-13-19(32)14-24(34)27(22)36-28/h2-15,36H,1H3,(H,37,38). The molecule has 11 heteroatoms. The summed E-state index contributed by atoms with van der Waals surface area (Å²) in [5, 5.41) is 5.76. The molecular weight excluding hydrogens is 697 g/mol. The zero-order valence-electron chi connectivity index (χ0n) is 21.2. The lowest BCUT2D eigenvalue weighted by Gasteiger charge is -2.09. The number of hydrogen-bond acceptors (Lipinski definition) is 5. The van der Waals surface area contributed by atoms with Gasteiger partial charge in [-0.05, 0) is 60.7 Å². The molecule has 0 saturated heterocycles. The first kappa shape index (κ1) is 28.9. The van der Waals surface area contributed by atoms with Gasteiger partial charge in [0.15, 0.2) is 0 Å². The Balaban J connectivity index is 1.43. The molecular formula is C30H19Br2Cl2N3O4. The summed E-state index contributed by atoms with van der Waals surface area (Å²) in [6, 6.07) is 22.4. The second-order valence-electron chi connectivity index (χ2n) is 8.66. The van der Waals surface area contributed by atoms with Crippen LogP contribution in [0.2, 0.25) is 10.0 Å². The molecule has 0 saturated carbocycles. The molecule has 4 aromatic carbocycles. The normalized spacial score (nSPS) is 11.1. The minimum atomic E-state index is -0.556. The molecule has 0 fully saturated rings. The van der Waals surface area contributed by atoms with Crippen LogP contribution in [-0.2, 0) is 0 Å². The van der Waals surface area contributed by atoms with Crippen molar-refractivity contribution in [1.82, 2.24) is 10.4 Å². The second kappa shape index (κ2) is 12.5.